The Morgan fingerprint density at radius 1 is 0.425 bits per heavy atom. The van der Waals surface area contributed by atoms with Gasteiger partial charge in [0.05, 0.1) is 31.8 Å². The van der Waals surface area contributed by atoms with E-state index >= 15 is 38.4 Å². The minimum atomic E-state index is -1.98. The number of aromatic amines is 1. The fourth-order valence-corrected chi connectivity index (χ4v) is 16.4. The Morgan fingerprint density at radius 3 is 1.33 bits per heavy atom. The number of amides is 15. The monoisotopic (exact) mass is 1860 g/mol. The summed E-state index contributed by atoms with van der Waals surface area (Å²) in [6.45, 7) is 2.96. The van der Waals surface area contributed by atoms with E-state index in [1.54, 1.807) is 135 Å². The van der Waals surface area contributed by atoms with Crippen molar-refractivity contribution < 1.29 is 97.1 Å². The second-order valence-corrected chi connectivity index (χ2v) is 34.8. The molecule has 0 spiro atoms. The zero-order chi connectivity index (χ0) is 97.4. The highest BCUT2D eigenvalue weighted by Gasteiger charge is 2.42. The number of para-hydroxylation sites is 1. The first-order chi connectivity index (χ1) is 63.9. The molecule has 1 aliphatic heterocycles. The Hall–Kier alpha value is -14.7. The number of H-pyrrole nitrogens is 1. The number of aromatic nitrogens is 1. The molecule has 1 fully saturated rings. The molecular weight excluding hydrogens is 1740 g/mol. The van der Waals surface area contributed by atoms with Gasteiger partial charge in [-0.1, -0.05) is 179 Å². The van der Waals surface area contributed by atoms with Crippen LogP contribution in [0.15, 0.2) is 194 Å². The lowest BCUT2D eigenvalue weighted by atomic mass is 9.99. The number of aromatic hydroxyl groups is 3. The van der Waals surface area contributed by atoms with Gasteiger partial charge in [0.15, 0.2) is 0 Å². The molecular formula is C97H118N16O20S. The summed E-state index contributed by atoms with van der Waals surface area (Å²) in [5, 5.41) is 66.2. The lowest BCUT2D eigenvalue weighted by molar-refractivity contribution is -0.151. The van der Waals surface area contributed by atoms with Gasteiger partial charge < -0.3 is 103 Å². The molecule has 712 valence electrons. The Morgan fingerprint density at radius 2 is 0.821 bits per heavy atom. The highest BCUT2D eigenvalue weighted by atomic mass is 32.2. The molecule has 1 aromatic heterocycles. The van der Waals surface area contributed by atoms with E-state index in [1.165, 1.54) is 108 Å². The van der Waals surface area contributed by atoms with Crippen LogP contribution in [0.1, 0.15) is 91.8 Å². The molecule has 7 aromatic carbocycles. The molecule has 16 N–H and O–H groups in total. The number of unbranched alkanes of at least 4 members (excludes halogenated alkanes) is 1. The molecule has 2 heterocycles. The Kier molecular flexibility index (Phi) is 38.5. The predicted molar refractivity (Wildman–Crippen MR) is 499 cm³/mol. The number of nitrogens with zero attached hydrogens (tertiary/aromatic N) is 5. The molecule has 0 radical (unpaired) electrons. The first-order valence-corrected chi connectivity index (χ1v) is 45.1. The number of carboxylic acids is 1. The van der Waals surface area contributed by atoms with Crippen LogP contribution in [0.5, 0.6) is 17.2 Å². The van der Waals surface area contributed by atoms with E-state index in [4.69, 9.17) is 5.73 Å². The van der Waals surface area contributed by atoms with E-state index < -0.39 is 205 Å². The predicted octanol–water partition coefficient (Wildman–Crippen LogP) is 2.62. The maximum atomic E-state index is 15.6. The Labute approximate surface area is 780 Å². The normalized spacial score (nSPS) is 21.5. The lowest BCUT2D eigenvalue weighted by Crippen LogP contribution is -2.60. The standard InChI is InChI=1S/C97H118N16O20S/c1-9-10-30-79-96(132)110(5)55-84(119)102-74(51-86(121)122)91(127)106-77(47-64-35-41-68(116)42-36-64)95(131)112(7)80(48-60-24-16-12-17-25-60)92(128)107-75(46-63-33-39-67(115)40-34-63)93(129)109(4)54-83(118)101-73(50-65-52-99-70-29-21-20-28-69(65)70)90(126)105-72(44-62-31-37-66(114)38-32-62)89(125)104-71(43-58(2)3)88(124)108-78(87(123)100-53-82(98)117)56-134-57-85(120)103-76(45-59-22-14-11-15-23-59)94(130)113(8)81(97(133)111(79)6)49-61-26-18-13-19-27-61/h11-29,31-42,52,58,71-81,99,114-116H,9-10,30,43-51,53-57H2,1-8H3,(H2,98,117)(H,100,123)(H,101,118)(H,102,119)(H,103,120)(H,104,125)(H,105,126)(H,106,127)(H,107,128)(H,108,124)(H,121,122)/t71-,72-,73-,74-,75-,76-,77-,78-,79-,80?,81?/m0/s1. The maximum Gasteiger partial charge on any atom is 0.305 e. The SMILES string of the molecule is CCCC[C@H]1C(=O)N(C)CC(=O)N[C@@H](CC(=O)O)C(=O)N[C@@H](Cc2ccc(O)cc2)C(=O)N(C)C(Cc2ccccc2)C(=O)N[C@@H](Cc2ccc(O)cc2)C(=O)N(C)CC(=O)N[C@@H](Cc2c[nH]c3ccccc23)C(=O)N[C@@H](Cc2ccc(O)cc2)C(=O)N[C@@H](CC(C)C)C(=O)N[C@H](C(=O)NCC(N)=O)CSCC(=O)N[C@@H](Cc2ccccc2)C(=O)N(C)C(Cc2ccccc2)C(=O)N1C. The van der Waals surface area contributed by atoms with Crippen LogP contribution in [0.3, 0.4) is 0 Å². The number of carbonyl (C=O) groups is 16. The summed E-state index contributed by atoms with van der Waals surface area (Å²) in [5.41, 5.74) is 9.33. The van der Waals surface area contributed by atoms with E-state index in [0.717, 1.165) is 36.3 Å². The van der Waals surface area contributed by atoms with Gasteiger partial charge in [0, 0.05) is 103 Å². The summed E-state index contributed by atoms with van der Waals surface area (Å²) < 4.78 is 0. The number of benzene rings is 7. The lowest BCUT2D eigenvalue weighted by Gasteiger charge is -2.37. The molecule has 8 aromatic rings. The van der Waals surface area contributed by atoms with Crippen LogP contribution in [0.4, 0.5) is 0 Å². The summed E-state index contributed by atoms with van der Waals surface area (Å²) in [6, 6.07) is 32.0. The summed E-state index contributed by atoms with van der Waals surface area (Å²) in [5.74, 6) is -17.3. The van der Waals surface area contributed by atoms with Crippen LogP contribution in [0.25, 0.3) is 10.9 Å². The molecule has 2 unspecified atom stereocenters. The second-order valence-electron chi connectivity index (χ2n) is 33.8. The quantitative estimate of drug-likeness (QED) is 0.0413. The molecule has 9 rings (SSSR count). The number of hydrogen-bond donors (Lipinski definition) is 15. The van der Waals surface area contributed by atoms with Gasteiger partial charge in [0.1, 0.15) is 83.7 Å². The zero-order valence-corrected chi connectivity index (χ0v) is 76.8. The second kappa shape index (κ2) is 50.1. The molecule has 0 saturated carbocycles. The average molecular weight is 1860 g/mol. The van der Waals surface area contributed by atoms with Crippen LogP contribution in [-0.4, -0.2) is 277 Å². The number of nitrogens with one attached hydrogen (secondary N) is 10. The van der Waals surface area contributed by atoms with Crippen molar-refractivity contribution in [2.45, 2.75) is 164 Å². The first kappa shape index (κ1) is 103. The number of likely N-dealkylation sites (N-methyl/N-ethyl adjacent to an activating group) is 5. The number of aliphatic carboxylic acids is 1. The third-order valence-corrected chi connectivity index (χ3v) is 23.9. The van der Waals surface area contributed by atoms with Gasteiger partial charge >= 0.3 is 5.97 Å². The van der Waals surface area contributed by atoms with Gasteiger partial charge in [0.25, 0.3) is 0 Å². The highest BCUT2D eigenvalue weighted by Crippen LogP contribution is 2.25. The van der Waals surface area contributed by atoms with Crippen molar-refractivity contribution in [3.63, 3.8) is 0 Å². The van der Waals surface area contributed by atoms with Crippen LogP contribution >= 0.6 is 11.8 Å². The van der Waals surface area contributed by atoms with Crippen molar-refractivity contribution in [1.82, 2.24) is 77.3 Å². The fourth-order valence-electron chi connectivity index (χ4n) is 15.5. The Bertz CT molecular complexity index is 5420. The largest absolute Gasteiger partial charge is 0.508 e. The third kappa shape index (κ3) is 31.0. The summed E-state index contributed by atoms with van der Waals surface area (Å²) in [6.07, 6.45) is -0.576. The number of carboxylic acid groups (broad SMARTS) is 1. The summed E-state index contributed by atoms with van der Waals surface area (Å²) in [7, 11) is 6.46. The minimum Gasteiger partial charge on any atom is -0.508 e. The van der Waals surface area contributed by atoms with Gasteiger partial charge in [-0.25, -0.2) is 0 Å². The third-order valence-electron chi connectivity index (χ3n) is 22.8. The highest BCUT2D eigenvalue weighted by molar-refractivity contribution is 8.00. The molecule has 1 saturated heterocycles. The number of phenols is 3. The van der Waals surface area contributed by atoms with E-state index in [1.807, 2.05) is 6.92 Å². The van der Waals surface area contributed by atoms with Crippen molar-refractivity contribution in [2.75, 3.05) is 66.4 Å². The van der Waals surface area contributed by atoms with Gasteiger partial charge in [-0.15, -0.1) is 11.8 Å². The van der Waals surface area contributed by atoms with E-state index in [0.29, 0.717) is 62.7 Å². The van der Waals surface area contributed by atoms with Crippen LogP contribution in [0.2, 0.25) is 0 Å². The van der Waals surface area contributed by atoms with Crippen molar-refractivity contribution in [3.8, 4) is 17.2 Å². The van der Waals surface area contributed by atoms with E-state index in [9.17, 15) is 58.8 Å². The number of fused-ring (bicyclic) bond motifs is 1. The van der Waals surface area contributed by atoms with Crippen molar-refractivity contribution in [2.24, 2.45) is 11.7 Å². The summed E-state index contributed by atoms with van der Waals surface area (Å²) >= 11 is 0.823. The number of rotatable bonds is 24. The van der Waals surface area contributed by atoms with Gasteiger partial charge in [-0.3, -0.25) is 76.7 Å². The molecule has 11 atom stereocenters. The molecule has 15 amide bonds. The smallest absolute Gasteiger partial charge is 0.305 e. The number of thioether (sulfide) groups is 1. The zero-order valence-electron chi connectivity index (χ0n) is 76.0. The number of nitrogens with two attached hydrogens (primary N) is 1. The van der Waals surface area contributed by atoms with Crippen LogP contribution < -0.4 is 53.6 Å². The van der Waals surface area contributed by atoms with Crippen molar-refractivity contribution >= 4 is 117 Å². The molecule has 134 heavy (non-hydrogen) atoms. The summed E-state index contributed by atoms with van der Waals surface area (Å²) in [4.78, 5) is 245. The average Bonchev–Trinajstić information content (AvgIpc) is 1.23. The minimum absolute atomic E-state index is 0.00791. The first-order valence-electron chi connectivity index (χ1n) is 44.0. The van der Waals surface area contributed by atoms with Gasteiger partial charge in [-0.2, -0.15) is 0 Å². The van der Waals surface area contributed by atoms with E-state index in [-0.39, 0.29) is 74.5 Å². The van der Waals surface area contributed by atoms with Crippen molar-refractivity contribution in [3.05, 3.63) is 233 Å². The van der Waals surface area contributed by atoms with Gasteiger partial charge in [-0.05, 0) is 100 Å². The molecule has 0 bridgehead atoms. The number of carbonyl (C=O) groups excluding carboxylic acids is 15. The fraction of sp³-hybridized carbons (Fsp3) is 0.381. The molecule has 36 nitrogen and oxygen atoms in total. The molecule has 1 aliphatic rings. The number of hydrogen-bond acceptors (Lipinski definition) is 20. The van der Waals surface area contributed by atoms with E-state index in [2.05, 4.69) is 52.8 Å². The number of phenolic OH excluding ortho intramolecular Hbond substituents is 3. The molecule has 37 heteroatoms. The van der Waals surface area contributed by atoms with Crippen LogP contribution in [-0.2, 0) is 122 Å². The number of primary amides is 1. The van der Waals surface area contributed by atoms with Crippen molar-refractivity contribution in [1.29, 1.82) is 0 Å². The maximum absolute atomic E-state index is 15.6. The van der Waals surface area contributed by atoms with Gasteiger partial charge in [0.2, 0.25) is 88.6 Å². The molecule has 0 aliphatic carbocycles. The van der Waals surface area contributed by atoms with Crippen LogP contribution in [0, 0.1) is 5.92 Å². The topological polar surface area (TPSA) is 520 Å². The Balaban J connectivity index is 1.13.